The molecule has 0 aliphatic rings. The van der Waals surface area contributed by atoms with Gasteiger partial charge in [0.25, 0.3) is 0 Å². The van der Waals surface area contributed by atoms with E-state index in [9.17, 15) is 0 Å². The van der Waals surface area contributed by atoms with E-state index in [-0.39, 0.29) is 0 Å². The second kappa shape index (κ2) is 14.0. The third-order valence-corrected chi connectivity index (χ3v) is 10.9. The number of aromatic nitrogens is 1. The maximum absolute atomic E-state index is 3.86. The molecule has 1 nitrogen and oxygen atoms in total. The van der Waals surface area contributed by atoms with Gasteiger partial charge in [0.15, 0.2) is 0 Å². The smallest absolute Gasteiger partial charge is 0.0544 e. The van der Waals surface area contributed by atoms with Crippen LogP contribution in [-0.2, 0) is 0 Å². The normalized spacial score (nSPS) is 11.3. The van der Waals surface area contributed by atoms with Crippen LogP contribution in [0.4, 0.5) is 0 Å². The second-order valence-corrected chi connectivity index (χ2v) is 14.0. The Morgan fingerprint density at radius 2 is 0.618 bits per heavy atom. The molecule has 258 valence electrons. The molecule has 1 N–H and O–H groups in total. The molecule has 10 aromatic rings. The molecule has 0 bridgehead atoms. The van der Waals surface area contributed by atoms with E-state index in [0.29, 0.717) is 0 Å². The van der Waals surface area contributed by atoms with Gasteiger partial charge in [-0.05, 0) is 72.8 Å². The van der Waals surface area contributed by atoms with Crippen molar-refractivity contribution in [1.82, 2.24) is 4.98 Å². The Balaban J connectivity index is 1.30. The molecule has 1 heterocycles. The zero-order valence-electron chi connectivity index (χ0n) is 30.3. The Labute approximate surface area is 321 Å². The first-order chi connectivity index (χ1) is 27.3. The first kappa shape index (κ1) is 32.4. The highest BCUT2D eigenvalue weighted by Crippen LogP contribution is 2.50. The van der Waals surface area contributed by atoms with E-state index in [0.717, 1.165) is 11.0 Å². The van der Waals surface area contributed by atoms with Crippen LogP contribution in [0.5, 0.6) is 0 Å². The fourth-order valence-electron chi connectivity index (χ4n) is 8.44. The number of fused-ring (bicyclic) bond motifs is 3. The largest absolute Gasteiger partial charge is 0.354 e. The summed E-state index contributed by atoms with van der Waals surface area (Å²) >= 11 is 0. The molecule has 0 fully saturated rings. The van der Waals surface area contributed by atoms with Crippen molar-refractivity contribution < 1.29 is 0 Å². The molecule has 55 heavy (non-hydrogen) atoms. The molecule has 1 heteroatoms. The molecule has 0 amide bonds. The van der Waals surface area contributed by atoms with Crippen molar-refractivity contribution in [1.29, 1.82) is 0 Å². The number of aromatic amines is 1. The van der Waals surface area contributed by atoms with Crippen LogP contribution in [0.15, 0.2) is 218 Å². The van der Waals surface area contributed by atoms with Gasteiger partial charge in [0.2, 0.25) is 0 Å². The van der Waals surface area contributed by atoms with Crippen LogP contribution in [0.3, 0.4) is 0 Å². The number of para-hydroxylation sites is 2. The third-order valence-electron chi connectivity index (χ3n) is 10.9. The first-order valence-corrected chi connectivity index (χ1v) is 18.9. The predicted molar refractivity (Wildman–Crippen MR) is 234 cm³/mol. The second-order valence-electron chi connectivity index (χ2n) is 14.0. The Hall–Kier alpha value is -7.22. The van der Waals surface area contributed by atoms with Crippen LogP contribution in [-0.4, -0.2) is 4.98 Å². The molecule has 0 unspecified atom stereocenters. The van der Waals surface area contributed by atoms with Gasteiger partial charge in [0, 0.05) is 27.4 Å². The monoisotopic (exact) mass is 699 g/mol. The third kappa shape index (κ3) is 5.75. The van der Waals surface area contributed by atoms with Gasteiger partial charge in [-0.25, -0.2) is 0 Å². The van der Waals surface area contributed by atoms with Gasteiger partial charge >= 0.3 is 0 Å². The predicted octanol–water partition coefficient (Wildman–Crippen LogP) is 15.0. The summed E-state index contributed by atoms with van der Waals surface area (Å²) in [7, 11) is 0. The molecule has 0 radical (unpaired) electrons. The summed E-state index contributed by atoms with van der Waals surface area (Å²) in [5, 5.41) is 2.45. The summed E-state index contributed by atoms with van der Waals surface area (Å²) in [6.07, 6.45) is 0. The van der Waals surface area contributed by atoms with E-state index in [2.05, 4.69) is 223 Å². The number of H-pyrrole nitrogens is 1. The minimum absolute atomic E-state index is 1.14. The number of rotatable bonds is 7. The SMILES string of the molecule is c1ccc(-c2ccccc2-c2ccccc2-c2ccccc2-c2ccc(-c3ccccc3)c(-c3ccccc3)c2-c2cccc3c2[nH]c2ccccc23)cc1. The molecule has 0 aliphatic carbocycles. The lowest BCUT2D eigenvalue weighted by Crippen LogP contribution is -1.97. The lowest BCUT2D eigenvalue weighted by atomic mass is 9.80. The first-order valence-electron chi connectivity index (χ1n) is 18.9. The van der Waals surface area contributed by atoms with Crippen molar-refractivity contribution >= 4 is 21.8 Å². The van der Waals surface area contributed by atoms with Crippen molar-refractivity contribution in [2.45, 2.75) is 0 Å². The van der Waals surface area contributed by atoms with E-state index in [1.807, 2.05) is 0 Å². The van der Waals surface area contributed by atoms with Crippen LogP contribution in [0.2, 0.25) is 0 Å². The number of nitrogens with one attached hydrogen (secondary N) is 1. The highest BCUT2D eigenvalue weighted by atomic mass is 14.7. The summed E-state index contributed by atoms with van der Waals surface area (Å²) in [6.45, 7) is 0. The highest BCUT2D eigenvalue weighted by molar-refractivity contribution is 6.16. The van der Waals surface area contributed by atoms with Crippen LogP contribution in [0, 0.1) is 0 Å². The van der Waals surface area contributed by atoms with Crippen LogP contribution in [0.25, 0.3) is 99.7 Å². The van der Waals surface area contributed by atoms with E-state index in [1.165, 1.54) is 88.7 Å². The van der Waals surface area contributed by atoms with Gasteiger partial charge in [-0.3, -0.25) is 0 Å². The maximum Gasteiger partial charge on any atom is 0.0544 e. The van der Waals surface area contributed by atoms with E-state index < -0.39 is 0 Å². The average molecular weight is 700 g/mol. The lowest BCUT2D eigenvalue weighted by molar-refractivity contribution is 1.51. The zero-order chi connectivity index (χ0) is 36.6. The van der Waals surface area contributed by atoms with Gasteiger partial charge in [0.05, 0.1) is 5.52 Å². The summed E-state index contributed by atoms with van der Waals surface area (Å²) in [6, 6.07) is 79.1. The van der Waals surface area contributed by atoms with Gasteiger partial charge in [-0.2, -0.15) is 0 Å². The zero-order valence-corrected chi connectivity index (χ0v) is 30.3. The lowest BCUT2D eigenvalue weighted by Gasteiger charge is -2.23. The highest BCUT2D eigenvalue weighted by Gasteiger charge is 2.24. The Kier molecular flexibility index (Phi) is 8.24. The molecule has 0 saturated carbocycles. The molecular weight excluding hydrogens is 663 g/mol. The van der Waals surface area contributed by atoms with Crippen molar-refractivity contribution in [3.63, 3.8) is 0 Å². The fourth-order valence-corrected chi connectivity index (χ4v) is 8.44. The van der Waals surface area contributed by atoms with Crippen molar-refractivity contribution in [2.75, 3.05) is 0 Å². The Morgan fingerprint density at radius 3 is 1.22 bits per heavy atom. The number of hydrogen-bond acceptors (Lipinski definition) is 0. The summed E-state index contributed by atoms with van der Waals surface area (Å²) < 4.78 is 0. The quantitative estimate of drug-likeness (QED) is 0.170. The maximum atomic E-state index is 3.86. The molecule has 9 aromatic carbocycles. The van der Waals surface area contributed by atoms with E-state index in [4.69, 9.17) is 0 Å². The Morgan fingerprint density at radius 1 is 0.218 bits per heavy atom. The number of hydrogen-bond donors (Lipinski definition) is 1. The molecule has 0 aliphatic heterocycles. The van der Waals surface area contributed by atoms with Gasteiger partial charge in [-0.15, -0.1) is 0 Å². The summed E-state index contributed by atoms with van der Waals surface area (Å²) in [5.74, 6) is 0. The molecule has 0 spiro atoms. The molecule has 0 atom stereocenters. The van der Waals surface area contributed by atoms with Crippen molar-refractivity contribution in [3.05, 3.63) is 218 Å². The van der Waals surface area contributed by atoms with Gasteiger partial charge < -0.3 is 4.98 Å². The van der Waals surface area contributed by atoms with Crippen molar-refractivity contribution in [2.24, 2.45) is 0 Å². The van der Waals surface area contributed by atoms with E-state index >= 15 is 0 Å². The van der Waals surface area contributed by atoms with Crippen molar-refractivity contribution in [3.8, 4) is 77.9 Å². The van der Waals surface area contributed by atoms with Crippen LogP contribution >= 0.6 is 0 Å². The summed E-state index contributed by atoms with van der Waals surface area (Å²) in [5.41, 5.74) is 19.1. The van der Waals surface area contributed by atoms with E-state index in [1.54, 1.807) is 0 Å². The van der Waals surface area contributed by atoms with Crippen LogP contribution < -0.4 is 0 Å². The molecular formula is C54H37N. The minimum Gasteiger partial charge on any atom is -0.354 e. The minimum atomic E-state index is 1.14. The number of benzene rings is 9. The molecule has 10 rings (SSSR count). The van der Waals surface area contributed by atoms with Gasteiger partial charge in [0.1, 0.15) is 0 Å². The topological polar surface area (TPSA) is 15.8 Å². The fraction of sp³-hybridized carbons (Fsp3) is 0. The molecule has 1 aromatic heterocycles. The average Bonchev–Trinajstić information content (AvgIpc) is 3.66. The van der Waals surface area contributed by atoms with Crippen LogP contribution in [0.1, 0.15) is 0 Å². The van der Waals surface area contributed by atoms with Gasteiger partial charge in [-0.1, -0.05) is 212 Å². The summed E-state index contributed by atoms with van der Waals surface area (Å²) in [4.78, 5) is 3.86. The molecule has 0 saturated heterocycles. The Bertz CT molecular complexity index is 2960. The standard InChI is InChI=1S/C54H37N/c1-4-19-37(20-5-1)40-25-10-11-26-42(40)43-27-12-13-28-44(43)45-29-14-15-30-46(45)48-36-35-41(38-21-6-2-7-22-38)52(39-23-8-3-9-24-39)53(48)50-33-18-32-49-47-31-16-17-34-51(47)55-54(49)50/h1-36,55H.